The van der Waals surface area contributed by atoms with Gasteiger partial charge in [0, 0.05) is 17.7 Å². The zero-order valence-electron chi connectivity index (χ0n) is 25.6. The van der Waals surface area contributed by atoms with Crippen molar-refractivity contribution in [2.75, 3.05) is 13.2 Å². The van der Waals surface area contributed by atoms with E-state index in [1.54, 1.807) is 24.3 Å². The van der Waals surface area contributed by atoms with Crippen LogP contribution in [-0.2, 0) is 10.2 Å². The van der Waals surface area contributed by atoms with Gasteiger partial charge in [-0.3, -0.25) is 0 Å². The molecule has 7 nitrogen and oxygen atoms in total. The van der Waals surface area contributed by atoms with E-state index in [1.165, 1.54) is 11.6 Å². The molecule has 0 bridgehead atoms. The summed E-state index contributed by atoms with van der Waals surface area (Å²) in [4.78, 5) is 12.6. The first-order chi connectivity index (χ1) is 20.6. The van der Waals surface area contributed by atoms with Gasteiger partial charge in [0.15, 0.2) is 11.5 Å². The molecule has 3 aromatic carbocycles. The van der Waals surface area contributed by atoms with Crippen molar-refractivity contribution >= 4 is 12.0 Å². The first kappa shape index (κ1) is 31.2. The number of unbranched alkanes of at least 4 members (excludes halogenated alkanes) is 2. The van der Waals surface area contributed by atoms with Crippen molar-refractivity contribution < 1.29 is 23.7 Å². The molecule has 2 N–H and O–H groups in total. The fourth-order valence-corrected chi connectivity index (χ4v) is 4.88. The van der Waals surface area contributed by atoms with Crippen LogP contribution in [-0.4, -0.2) is 19.2 Å². The Bertz CT molecular complexity index is 1540. The molecule has 1 aliphatic rings. The third-order valence-corrected chi connectivity index (χ3v) is 7.20. The Hall–Kier alpha value is -4.70. The number of benzene rings is 3. The summed E-state index contributed by atoms with van der Waals surface area (Å²) in [6.45, 7) is 11.6. The highest BCUT2D eigenvalue weighted by Gasteiger charge is 2.32. The second kappa shape index (κ2) is 14.0. The smallest absolute Gasteiger partial charge is 0.336 e. The molecule has 1 heterocycles. The van der Waals surface area contributed by atoms with E-state index in [-0.39, 0.29) is 16.9 Å². The van der Waals surface area contributed by atoms with Crippen molar-refractivity contribution in [2.45, 2.75) is 65.2 Å². The molecule has 0 amide bonds. The van der Waals surface area contributed by atoms with E-state index in [0.29, 0.717) is 36.2 Å². The number of rotatable bonds is 11. The predicted octanol–water partition coefficient (Wildman–Crippen LogP) is 7.79. The summed E-state index contributed by atoms with van der Waals surface area (Å²) >= 11 is 0. The zero-order valence-corrected chi connectivity index (χ0v) is 25.6. The molecule has 43 heavy (non-hydrogen) atoms. The fourth-order valence-electron chi connectivity index (χ4n) is 4.88. The van der Waals surface area contributed by atoms with E-state index in [0.717, 1.165) is 36.0 Å². The maximum absolute atomic E-state index is 12.6. The largest absolute Gasteiger partial charge is 0.490 e. The lowest BCUT2D eigenvalue weighted by Gasteiger charge is -2.27. The number of carbonyl (C=O) groups excluding carboxylic acids is 1. The summed E-state index contributed by atoms with van der Waals surface area (Å²) in [5.41, 5.74) is 10.2. The quantitative estimate of drug-likeness (QED) is 0.107. The minimum absolute atomic E-state index is 0.0000666. The highest BCUT2D eigenvalue weighted by Crippen LogP contribution is 2.45. The van der Waals surface area contributed by atoms with Gasteiger partial charge >= 0.3 is 5.97 Å². The second-order valence-electron chi connectivity index (χ2n) is 11.4. The van der Waals surface area contributed by atoms with E-state index in [1.807, 2.05) is 37.3 Å². The SMILES string of the molecule is CCCCCOc1ccc(C2C(C#N)=C(N)Oc3cc(OC(=O)/C=C/c4ccc(C(C)(C)C)cc4)ccc32)cc1OCC. The molecule has 0 spiro atoms. The van der Waals surface area contributed by atoms with Gasteiger partial charge in [-0.1, -0.05) is 76.9 Å². The first-order valence-corrected chi connectivity index (χ1v) is 14.8. The fraction of sp³-hybridized carbons (Fsp3) is 0.333. The molecule has 1 aliphatic heterocycles. The molecule has 0 saturated heterocycles. The van der Waals surface area contributed by atoms with Gasteiger partial charge in [-0.05, 0) is 59.7 Å². The number of hydrogen-bond acceptors (Lipinski definition) is 7. The normalized spacial score (nSPS) is 14.6. The van der Waals surface area contributed by atoms with Crippen LogP contribution in [0.15, 0.2) is 78.2 Å². The highest BCUT2D eigenvalue weighted by molar-refractivity contribution is 5.88. The summed E-state index contributed by atoms with van der Waals surface area (Å²) in [7, 11) is 0. The Morgan fingerprint density at radius 2 is 1.77 bits per heavy atom. The van der Waals surface area contributed by atoms with Crippen molar-refractivity contribution in [3.63, 3.8) is 0 Å². The van der Waals surface area contributed by atoms with Crippen LogP contribution in [0.2, 0.25) is 0 Å². The van der Waals surface area contributed by atoms with Crippen molar-refractivity contribution in [3.8, 4) is 29.1 Å². The minimum atomic E-state index is -0.524. The molecule has 0 fully saturated rings. The van der Waals surface area contributed by atoms with Gasteiger partial charge in [-0.2, -0.15) is 5.26 Å². The van der Waals surface area contributed by atoms with E-state index < -0.39 is 11.9 Å². The number of nitrogens with two attached hydrogens (primary N) is 1. The Labute approximate surface area is 254 Å². The molecule has 3 aromatic rings. The Morgan fingerprint density at radius 3 is 2.44 bits per heavy atom. The standard InChI is InChI=1S/C36H40N2O5/c1-6-8-9-20-41-30-18-13-25(21-32(30)40-7-2)34-28-17-16-27(22-31(28)43-35(38)29(34)23-37)42-33(39)19-12-24-10-14-26(15-11-24)36(3,4)5/h10-19,21-22,34H,6-9,20,38H2,1-5H3/b19-12+. The number of fused-ring (bicyclic) bond motifs is 1. The van der Waals surface area contributed by atoms with Gasteiger partial charge in [0.1, 0.15) is 23.1 Å². The first-order valence-electron chi connectivity index (χ1n) is 14.8. The third kappa shape index (κ3) is 7.78. The van der Waals surface area contributed by atoms with Crippen LogP contribution in [0.5, 0.6) is 23.0 Å². The van der Waals surface area contributed by atoms with Crippen LogP contribution < -0.4 is 24.7 Å². The van der Waals surface area contributed by atoms with Gasteiger partial charge in [-0.15, -0.1) is 0 Å². The lowest BCUT2D eigenvalue weighted by Crippen LogP contribution is -2.21. The molecule has 7 heteroatoms. The average Bonchev–Trinajstić information content (AvgIpc) is 2.98. The average molecular weight is 581 g/mol. The van der Waals surface area contributed by atoms with Gasteiger partial charge < -0.3 is 24.7 Å². The van der Waals surface area contributed by atoms with Crippen LogP contribution in [0.3, 0.4) is 0 Å². The number of allylic oxidation sites excluding steroid dienone is 1. The van der Waals surface area contributed by atoms with Crippen LogP contribution in [0.25, 0.3) is 6.08 Å². The number of esters is 1. The van der Waals surface area contributed by atoms with Crippen molar-refractivity contribution in [3.05, 3.63) is 100 Å². The maximum Gasteiger partial charge on any atom is 0.336 e. The molecule has 0 aromatic heterocycles. The summed E-state index contributed by atoms with van der Waals surface area (Å²) < 4.78 is 23.3. The summed E-state index contributed by atoms with van der Waals surface area (Å²) in [5, 5.41) is 9.99. The van der Waals surface area contributed by atoms with Crippen LogP contribution >= 0.6 is 0 Å². The number of hydrogen-bond donors (Lipinski definition) is 1. The maximum atomic E-state index is 12.6. The topological polar surface area (TPSA) is 104 Å². The lowest BCUT2D eigenvalue weighted by atomic mass is 9.83. The van der Waals surface area contributed by atoms with Crippen molar-refractivity contribution in [2.24, 2.45) is 5.73 Å². The van der Waals surface area contributed by atoms with Gasteiger partial charge in [0.05, 0.1) is 19.1 Å². The van der Waals surface area contributed by atoms with Crippen LogP contribution in [0.4, 0.5) is 0 Å². The van der Waals surface area contributed by atoms with Crippen LogP contribution in [0.1, 0.15) is 82.1 Å². The van der Waals surface area contributed by atoms with E-state index in [4.69, 9.17) is 24.7 Å². The Kier molecular flexibility index (Phi) is 10.2. The molecule has 1 unspecified atom stereocenters. The molecule has 1 atom stereocenters. The van der Waals surface area contributed by atoms with Crippen molar-refractivity contribution in [1.29, 1.82) is 5.26 Å². The molecule has 224 valence electrons. The summed E-state index contributed by atoms with van der Waals surface area (Å²) in [6.07, 6.45) is 6.27. The molecule has 0 saturated carbocycles. The number of nitrogens with zero attached hydrogens (tertiary/aromatic N) is 1. The van der Waals surface area contributed by atoms with Crippen molar-refractivity contribution in [1.82, 2.24) is 0 Å². The number of carbonyl (C=O) groups is 1. The van der Waals surface area contributed by atoms with Crippen LogP contribution in [0, 0.1) is 11.3 Å². The number of nitriles is 1. The Morgan fingerprint density at radius 1 is 1.00 bits per heavy atom. The van der Waals surface area contributed by atoms with Gasteiger partial charge in [0.25, 0.3) is 0 Å². The lowest BCUT2D eigenvalue weighted by molar-refractivity contribution is -0.128. The summed E-state index contributed by atoms with van der Waals surface area (Å²) in [6, 6.07) is 21.0. The second-order valence-corrected chi connectivity index (χ2v) is 11.4. The van der Waals surface area contributed by atoms with E-state index in [9.17, 15) is 10.1 Å². The molecule has 0 aliphatic carbocycles. The zero-order chi connectivity index (χ0) is 31.0. The monoisotopic (exact) mass is 580 g/mol. The Balaban J connectivity index is 1.55. The molecule has 0 radical (unpaired) electrons. The van der Waals surface area contributed by atoms with Gasteiger partial charge in [-0.25, -0.2) is 4.79 Å². The van der Waals surface area contributed by atoms with Gasteiger partial charge in [0.2, 0.25) is 5.88 Å². The summed E-state index contributed by atoms with van der Waals surface area (Å²) in [5.74, 6) is 0.948. The molecule has 4 rings (SSSR count). The number of ether oxygens (including phenoxy) is 4. The predicted molar refractivity (Wildman–Crippen MR) is 168 cm³/mol. The molecular formula is C36H40N2O5. The highest BCUT2D eigenvalue weighted by atomic mass is 16.5. The van der Waals surface area contributed by atoms with E-state index in [2.05, 4.69) is 45.9 Å². The minimum Gasteiger partial charge on any atom is -0.490 e. The molecular weight excluding hydrogens is 540 g/mol. The van der Waals surface area contributed by atoms with E-state index >= 15 is 0 Å². The third-order valence-electron chi connectivity index (χ3n) is 7.20.